The third kappa shape index (κ3) is 4.99. The van der Waals surface area contributed by atoms with Crippen molar-refractivity contribution in [2.24, 2.45) is 0 Å². The molecule has 2 aromatic heterocycles. The van der Waals surface area contributed by atoms with Crippen molar-refractivity contribution in [1.82, 2.24) is 35.1 Å². The molecule has 0 fully saturated rings. The van der Waals surface area contributed by atoms with Crippen molar-refractivity contribution in [3.63, 3.8) is 0 Å². The first-order valence-corrected chi connectivity index (χ1v) is 8.84. The minimum atomic E-state index is -0.607. The minimum Gasteiger partial charge on any atom is -0.468 e. The second kappa shape index (κ2) is 9.52. The van der Waals surface area contributed by atoms with E-state index in [0.717, 1.165) is 13.0 Å². The first-order valence-electron chi connectivity index (χ1n) is 8.84. The third-order valence-corrected chi connectivity index (χ3v) is 4.27. The van der Waals surface area contributed by atoms with Crippen LogP contribution in [-0.4, -0.2) is 49.4 Å². The fraction of sp³-hybridized carbons (Fsp3) is 0.333. The van der Waals surface area contributed by atoms with Crippen molar-refractivity contribution < 1.29 is 13.9 Å². The Morgan fingerprint density at radius 3 is 3.03 bits per heavy atom. The predicted octanol–water partition coefficient (Wildman–Crippen LogP) is 0.823. The molecule has 0 bridgehead atoms. The zero-order valence-electron chi connectivity index (χ0n) is 15.7. The number of nitriles is 1. The highest BCUT2D eigenvalue weighted by molar-refractivity contribution is 5.68. The molecule has 0 saturated carbocycles. The molecule has 0 aliphatic heterocycles. The Morgan fingerprint density at radius 2 is 2.31 bits per heavy atom. The average Bonchev–Trinajstić information content (AvgIpc) is 3.41. The Hall–Kier alpha value is -3.65. The third-order valence-electron chi connectivity index (χ3n) is 4.27. The van der Waals surface area contributed by atoms with E-state index in [4.69, 9.17) is 5.26 Å². The number of hydrogen-bond donors (Lipinski definition) is 1. The van der Waals surface area contributed by atoms with E-state index in [1.807, 2.05) is 16.8 Å². The maximum Gasteiger partial charge on any atom is 0.327 e. The number of esters is 1. The number of aromatic nitrogens is 6. The number of rotatable bonds is 9. The molecule has 0 aliphatic rings. The van der Waals surface area contributed by atoms with Crippen LogP contribution < -0.4 is 5.32 Å². The Bertz CT molecular complexity index is 996. The van der Waals surface area contributed by atoms with Crippen LogP contribution in [0.1, 0.15) is 29.4 Å². The first-order chi connectivity index (χ1) is 14.1. The summed E-state index contributed by atoms with van der Waals surface area (Å²) >= 11 is 0. The fourth-order valence-electron chi connectivity index (χ4n) is 2.81. The minimum absolute atomic E-state index is 0.0836. The number of halogens is 1. The van der Waals surface area contributed by atoms with E-state index in [9.17, 15) is 9.18 Å². The molecule has 1 unspecified atom stereocenters. The van der Waals surface area contributed by atoms with Gasteiger partial charge in [0.1, 0.15) is 18.4 Å². The highest BCUT2D eigenvalue weighted by atomic mass is 19.1. The molecule has 0 radical (unpaired) electrons. The lowest BCUT2D eigenvalue weighted by atomic mass is 10.0. The molecule has 0 amide bonds. The largest absolute Gasteiger partial charge is 0.468 e. The summed E-state index contributed by atoms with van der Waals surface area (Å²) in [4.78, 5) is 15.7. The first kappa shape index (κ1) is 20.1. The van der Waals surface area contributed by atoms with Crippen LogP contribution in [0.5, 0.6) is 0 Å². The summed E-state index contributed by atoms with van der Waals surface area (Å²) in [5.74, 6) is -0.757. The molecule has 0 saturated heterocycles. The van der Waals surface area contributed by atoms with Crippen LogP contribution >= 0.6 is 0 Å². The smallest absolute Gasteiger partial charge is 0.327 e. The summed E-state index contributed by atoms with van der Waals surface area (Å²) < 4.78 is 21.7. The number of nitrogens with zero attached hydrogens (tertiary/aromatic N) is 7. The molecule has 11 heteroatoms. The van der Waals surface area contributed by atoms with Crippen LogP contribution in [0.4, 0.5) is 4.39 Å². The van der Waals surface area contributed by atoms with Crippen LogP contribution in [0.2, 0.25) is 0 Å². The van der Waals surface area contributed by atoms with E-state index >= 15 is 0 Å². The summed E-state index contributed by atoms with van der Waals surface area (Å²) in [5, 5.41) is 24.0. The van der Waals surface area contributed by atoms with Gasteiger partial charge in [0.15, 0.2) is 5.82 Å². The molecule has 0 spiro atoms. The molecule has 1 atom stereocenters. The van der Waals surface area contributed by atoms with Crippen LogP contribution in [0.15, 0.2) is 36.9 Å². The van der Waals surface area contributed by atoms with Crippen molar-refractivity contribution in [3.05, 3.63) is 59.7 Å². The van der Waals surface area contributed by atoms with Crippen molar-refractivity contribution in [1.29, 1.82) is 5.26 Å². The normalized spacial score (nSPS) is 11.8. The van der Waals surface area contributed by atoms with Gasteiger partial charge in [0, 0.05) is 18.9 Å². The zero-order chi connectivity index (χ0) is 20.6. The van der Waals surface area contributed by atoms with E-state index in [-0.39, 0.29) is 12.1 Å². The van der Waals surface area contributed by atoms with Gasteiger partial charge >= 0.3 is 5.97 Å². The number of hydrogen-bond acceptors (Lipinski definition) is 8. The Balaban J connectivity index is 1.83. The lowest BCUT2D eigenvalue weighted by Gasteiger charge is -2.19. The number of benzene rings is 1. The number of aryl methyl sites for hydroxylation is 1. The Kier molecular flexibility index (Phi) is 6.59. The summed E-state index contributed by atoms with van der Waals surface area (Å²) in [6, 6.07) is 5.51. The van der Waals surface area contributed by atoms with Crippen molar-refractivity contribution in [2.75, 3.05) is 13.7 Å². The van der Waals surface area contributed by atoms with Gasteiger partial charge in [-0.15, -0.1) is 5.10 Å². The number of ether oxygens (including phenoxy) is 1. The van der Waals surface area contributed by atoms with Gasteiger partial charge < -0.3 is 14.6 Å². The lowest BCUT2D eigenvalue weighted by Crippen LogP contribution is -2.28. The summed E-state index contributed by atoms with van der Waals surface area (Å²) in [6.07, 6.45) is 6.08. The molecule has 10 nitrogen and oxygen atoms in total. The molecule has 0 aliphatic carbocycles. The molecule has 3 rings (SSSR count). The number of nitrogens with one attached hydrogen (secondary N) is 1. The maximum atomic E-state index is 13.8. The van der Waals surface area contributed by atoms with Crippen molar-refractivity contribution in [3.8, 4) is 6.07 Å². The standard InChI is InChI=1S/C18H19FN8O2/c1-29-16(28)11-27-18(23-24-25-27)17(13-3-4-15(19)14(9-13)10-20)22-5-2-7-26-8-6-21-12-26/h3-4,6,8-9,12,17,22H,2,5,7,11H2,1H3. The van der Waals surface area contributed by atoms with Gasteiger partial charge in [-0.3, -0.25) is 4.79 Å². The number of imidazole rings is 1. The topological polar surface area (TPSA) is 124 Å². The molecule has 2 heterocycles. The summed E-state index contributed by atoms with van der Waals surface area (Å²) in [7, 11) is 1.28. The van der Waals surface area contributed by atoms with Gasteiger partial charge in [-0.05, 0) is 41.1 Å². The molecular formula is C18H19FN8O2. The van der Waals surface area contributed by atoms with Gasteiger partial charge in [0.2, 0.25) is 0 Å². The number of carbonyl (C=O) groups is 1. The molecule has 3 aromatic rings. The Labute approximate surface area is 165 Å². The van der Waals surface area contributed by atoms with Gasteiger partial charge in [0.25, 0.3) is 0 Å². The van der Waals surface area contributed by atoms with Crippen LogP contribution in [0.3, 0.4) is 0 Å². The summed E-state index contributed by atoms with van der Waals surface area (Å²) in [5.41, 5.74) is 0.520. The number of methoxy groups -OCH3 is 1. The van der Waals surface area contributed by atoms with Gasteiger partial charge in [-0.1, -0.05) is 6.07 Å². The van der Waals surface area contributed by atoms with E-state index in [1.54, 1.807) is 18.6 Å². The van der Waals surface area contributed by atoms with E-state index < -0.39 is 17.8 Å². The van der Waals surface area contributed by atoms with Crippen molar-refractivity contribution >= 4 is 5.97 Å². The van der Waals surface area contributed by atoms with Crippen LogP contribution in [-0.2, 0) is 22.6 Å². The van der Waals surface area contributed by atoms with E-state index in [1.165, 1.54) is 23.9 Å². The van der Waals surface area contributed by atoms with E-state index in [2.05, 4.69) is 30.6 Å². The molecule has 150 valence electrons. The second-order valence-corrected chi connectivity index (χ2v) is 6.16. The SMILES string of the molecule is COC(=O)Cn1nnnc1C(NCCCn1ccnc1)c1ccc(F)c(C#N)c1. The number of tetrazole rings is 1. The molecular weight excluding hydrogens is 379 g/mol. The van der Waals surface area contributed by atoms with Crippen LogP contribution in [0, 0.1) is 17.1 Å². The highest BCUT2D eigenvalue weighted by Crippen LogP contribution is 2.22. The zero-order valence-corrected chi connectivity index (χ0v) is 15.7. The van der Waals surface area contributed by atoms with Gasteiger partial charge in [0.05, 0.1) is 25.0 Å². The van der Waals surface area contributed by atoms with Crippen LogP contribution in [0.25, 0.3) is 0 Å². The van der Waals surface area contributed by atoms with Gasteiger partial charge in [-0.25, -0.2) is 14.1 Å². The molecule has 29 heavy (non-hydrogen) atoms. The lowest BCUT2D eigenvalue weighted by molar-refractivity contribution is -0.141. The quantitative estimate of drug-likeness (QED) is 0.415. The highest BCUT2D eigenvalue weighted by Gasteiger charge is 2.23. The molecule has 1 N–H and O–H groups in total. The summed E-state index contributed by atoms with van der Waals surface area (Å²) in [6.45, 7) is 1.16. The van der Waals surface area contributed by atoms with Crippen molar-refractivity contribution in [2.45, 2.75) is 25.6 Å². The monoisotopic (exact) mass is 398 g/mol. The maximum absolute atomic E-state index is 13.8. The second-order valence-electron chi connectivity index (χ2n) is 6.16. The predicted molar refractivity (Wildman–Crippen MR) is 97.6 cm³/mol. The molecule has 1 aromatic carbocycles. The average molecular weight is 398 g/mol. The van der Waals surface area contributed by atoms with Gasteiger partial charge in [-0.2, -0.15) is 5.26 Å². The Morgan fingerprint density at radius 1 is 1.45 bits per heavy atom. The fourth-order valence-corrected chi connectivity index (χ4v) is 2.81. The number of carbonyl (C=O) groups excluding carboxylic acids is 1. The van der Waals surface area contributed by atoms with E-state index in [0.29, 0.717) is 17.9 Å².